The second-order valence-corrected chi connectivity index (χ2v) is 6.54. The number of pyridine rings is 1. The van der Waals surface area contributed by atoms with Gasteiger partial charge in [-0.05, 0) is 37.7 Å². The highest BCUT2D eigenvalue weighted by atomic mass is 35.5. The zero-order chi connectivity index (χ0) is 14.7. The number of hydrogen-bond donors (Lipinski definition) is 1. The maximum absolute atomic E-state index is 6.32. The lowest BCUT2D eigenvalue weighted by Gasteiger charge is -2.35. The van der Waals surface area contributed by atoms with E-state index < -0.39 is 0 Å². The van der Waals surface area contributed by atoms with Crippen LogP contribution < -0.4 is 10.2 Å². The summed E-state index contributed by atoms with van der Waals surface area (Å²) in [6.07, 6.45) is 2.41. The van der Waals surface area contributed by atoms with Crippen molar-refractivity contribution in [3.63, 3.8) is 0 Å². The van der Waals surface area contributed by atoms with E-state index in [1.165, 1.54) is 12.8 Å². The van der Waals surface area contributed by atoms with Crippen LogP contribution in [0, 0.1) is 11.8 Å². The maximum Gasteiger partial charge on any atom is 0.149 e. The third-order valence-corrected chi connectivity index (χ3v) is 4.60. The first kappa shape index (κ1) is 15.7. The molecule has 1 aliphatic rings. The van der Waals surface area contributed by atoms with E-state index in [0.29, 0.717) is 10.0 Å². The van der Waals surface area contributed by atoms with E-state index in [4.69, 9.17) is 23.2 Å². The van der Waals surface area contributed by atoms with Crippen molar-refractivity contribution in [1.29, 1.82) is 0 Å². The molecule has 1 fully saturated rings. The molecule has 20 heavy (non-hydrogen) atoms. The van der Waals surface area contributed by atoms with E-state index in [0.717, 1.165) is 43.1 Å². The van der Waals surface area contributed by atoms with Crippen LogP contribution in [-0.2, 0) is 0 Å². The van der Waals surface area contributed by atoms with Gasteiger partial charge in [-0.2, -0.15) is 0 Å². The van der Waals surface area contributed by atoms with Crippen molar-refractivity contribution in [3.05, 3.63) is 16.1 Å². The van der Waals surface area contributed by atoms with Crippen molar-refractivity contribution >= 4 is 34.8 Å². The van der Waals surface area contributed by atoms with Gasteiger partial charge >= 0.3 is 0 Å². The van der Waals surface area contributed by atoms with E-state index in [1.54, 1.807) is 6.07 Å². The van der Waals surface area contributed by atoms with E-state index in [-0.39, 0.29) is 0 Å². The number of rotatable bonds is 4. The molecule has 2 heterocycles. The van der Waals surface area contributed by atoms with Gasteiger partial charge in [-0.1, -0.05) is 37.0 Å². The quantitative estimate of drug-likeness (QED) is 0.873. The first-order valence-electron chi connectivity index (χ1n) is 7.37. The lowest BCUT2D eigenvalue weighted by Crippen LogP contribution is -2.36. The van der Waals surface area contributed by atoms with Crippen LogP contribution in [0.15, 0.2) is 6.07 Å². The van der Waals surface area contributed by atoms with Gasteiger partial charge in [0, 0.05) is 19.6 Å². The Morgan fingerprint density at radius 1 is 1.30 bits per heavy atom. The minimum Gasteiger partial charge on any atom is -0.369 e. The van der Waals surface area contributed by atoms with Crippen molar-refractivity contribution in [2.75, 3.05) is 29.9 Å². The fraction of sp³-hybridized carbons (Fsp3) is 0.667. The van der Waals surface area contributed by atoms with Gasteiger partial charge < -0.3 is 10.2 Å². The SMILES string of the molecule is CCNc1nc(N2CCC(C(C)C)CC2)c(Cl)cc1Cl. The normalized spacial score (nSPS) is 16.8. The standard InChI is InChI=1S/C15H23Cl2N3/c1-4-18-14-12(16)9-13(17)15(19-14)20-7-5-11(6-8-20)10(2)3/h9-11H,4-8H2,1-3H3,(H,18,19). The van der Waals surface area contributed by atoms with Crippen LogP contribution in [0.5, 0.6) is 0 Å². The van der Waals surface area contributed by atoms with E-state index >= 15 is 0 Å². The Bertz CT molecular complexity index is 455. The molecule has 112 valence electrons. The predicted octanol–water partition coefficient (Wildman–Crippen LogP) is 4.69. The molecule has 0 amide bonds. The molecule has 0 aliphatic carbocycles. The summed E-state index contributed by atoms with van der Waals surface area (Å²) in [7, 11) is 0. The summed E-state index contributed by atoms with van der Waals surface area (Å²) in [6, 6.07) is 1.79. The Morgan fingerprint density at radius 3 is 2.50 bits per heavy atom. The molecule has 5 heteroatoms. The molecule has 0 aromatic carbocycles. The summed E-state index contributed by atoms with van der Waals surface area (Å²) < 4.78 is 0. The molecule has 2 rings (SSSR count). The third-order valence-electron chi connectivity index (χ3n) is 4.04. The highest BCUT2D eigenvalue weighted by molar-refractivity contribution is 6.37. The molecule has 1 N–H and O–H groups in total. The van der Waals surface area contributed by atoms with Crippen molar-refractivity contribution < 1.29 is 0 Å². The second kappa shape index (κ2) is 6.86. The highest BCUT2D eigenvalue weighted by Gasteiger charge is 2.24. The zero-order valence-electron chi connectivity index (χ0n) is 12.4. The average Bonchev–Trinajstić information content (AvgIpc) is 2.42. The topological polar surface area (TPSA) is 28.2 Å². The number of nitrogens with zero attached hydrogens (tertiary/aromatic N) is 2. The molecular weight excluding hydrogens is 293 g/mol. The fourth-order valence-corrected chi connectivity index (χ4v) is 3.29. The molecular formula is C15H23Cl2N3. The summed E-state index contributed by atoms with van der Waals surface area (Å²) in [6.45, 7) is 9.46. The van der Waals surface area contributed by atoms with Gasteiger partial charge in [0.2, 0.25) is 0 Å². The van der Waals surface area contributed by atoms with Crippen LogP contribution in [0.2, 0.25) is 10.0 Å². The Balaban J connectivity index is 2.15. The summed E-state index contributed by atoms with van der Waals surface area (Å²) in [4.78, 5) is 6.88. The number of aromatic nitrogens is 1. The summed E-state index contributed by atoms with van der Waals surface area (Å²) in [5.74, 6) is 3.14. The molecule has 1 aromatic heterocycles. The minimum atomic E-state index is 0.581. The third kappa shape index (κ3) is 3.50. The Morgan fingerprint density at radius 2 is 1.95 bits per heavy atom. The van der Waals surface area contributed by atoms with Crippen LogP contribution in [0.1, 0.15) is 33.6 Å². The first-order chi connectivity index (χ1) is 9.52. The van der Waals surface area contributed by atoms with Gasteiger partial charge in [-0.25, -0.2) is 4.98 Å². The van der Waals surface area contributed by atoms with E-state index in [9.17, 15) is 0 Å². The molecule has 1 aromatic rings. The largest absolute Gasteiger partial charge is 0.369 e. The number of halogens is 2. The minimum absolute atomic E-state index is 0.581. The number of anilines is 2. The highest BCUT2D eigenvalue weighted by Crippen LogP contribution is 2.34. The lowest BCUT2D eigenvalue weighted by atomic mass is 9.87. The zero-order valence-corrected chi connectivity index (χ0v) is 13.9. The van der Waals surface area contributed by atoms with E-state index in [2.05, 4.69) is 29.0 Å². The Kier molecular flexibility index (Phi) is 5.39. The Hall–Kier alpha value is -0.670. The van der Waals surface area contributed by atoms with Crippen LogP contribution in [0.25, 0.3) is 0 Å². The van der Waals surface area contributed by atoms with Crippen molar-refractivity contribution in [3.8, 4) is 0 Å². The van der Waals surface area contributed by atoms with Crippen molar-refractivity contribution in [2.45, 2.75) is 33.6 Å². The van der Waals surface area contributed by atoms with Gasteiger partial charge in [0.1, 0.15) is 11.6 Å². The molecule has 0 radical (unpaired) electrons. The van der Waals surface area contributed by atoms with Gasteiger partial charge in [0.05, 0.1) is 10.0 Å². The smallest absolute Gasteiger partial charge is 0.149 e. The van der Waals surface area contributed by atoms with Crippen molar-refractivity contribution in [1.82, 2.24) is 4.98 Å². The summed E-state index contributed by atoms with van der Waals surface area (Å²) in [5.41, 5.74) is 0. The molecule has 1 aliphatic heterocycles. The molecule has 0 bridgehead atoms. The number of nitrogens with one attached hydrogen (secondary N) is 1. The number of hydrogen-bond acceptors (Lipinski definition) is 3. The van der Waals surface area contributed by atoms with Crippen LogP contribution in [-0.4, -0.2) is 24.6 Å². The van der Waals surface area contributed by atoms with E-state index in [1.807, 2.05) is 6.92 Å². The predicted molar refractivity (Wildman–Crippen MR) is 88.2 cm³/mol. The maximum atomic E-state index is 6.32. The molecule has 0 atom stereocenters. The molecule has 3 nitrogen and oxygen atoms in total. The lowest BCUT2D eigenvalue weighted by molar-refractivity contribution is 0.311. The Labute approximate surface area is 131 Å². The second-order valence-electron chi connectivity index (χ2n) is 5.72. The summed E-state index contributed by atoms with van der Waals surface area (Å²) in [5, 5.41) is 4.40. The molecule has 0 spiro atoms. The first-order valence-corrected chi connectivity index (χ1v) is 8.13. The van der Waals surface area contributed by atoms with Gasteiger partial charge in [0.15, 0.2) is 0 Å². The average molecular weight is 316 g/mol. The molecule has 1 saturated heterocycles. The van der Waals surface area contributed by atoms with Crippen molar-refractivity contribution in [2.24, 2.45) is 11.8 Å². The molecule has 0 unspecified atom stereocenters. The summed E-state index contributed by atoms with van der Waals surface area (Å²) >= 11 is 12.5. The molecule has 0 saturated carbocycles. The van der Waals surface area contributed by atoms with Crippen LogP contribution in [0.3, 0.4) is 0 Å². The van der Waals surface area contributed by atoms with Gasteiger partial charge in [-0.3, -0.25) is 0 Å². The number of piperidine rings is 1. The van der Waals surface area contributed by atoms with Gasteiger partial charge in [-0.15, -0.1) is 0 Å². The van der Waals surface area contributed by atoms with Crippen LogP contribution >= 0.6 is 23.2 Å². The van der Waals surface area contributed by atoms with Crippen LogP contribution in [0.4, 0.5) is 11.6 Å². The van der Waals surface area contributed by atoms with Gasteiger partial charge in [0.25, 0.3) is 0 Å². The monoisotopic (exact) mass is 315 g/mol. The fourth-order valence-electron chi connectivity index (χ4n) is 2.75.